The summed E-state index contributed by atoms with van der Waals surface area (Å²) in [6, 6.07) is 10.8. The van der Waals surface area contributed by atoms with E-state index in [0.717, 1.165) is 10.5 Å². The Morgan fingerprint density at radius 1 is 1.19 bits per heavy atom. The summed E-state index contributed by atoms with van der Waals surface area (Å²) in [5.74, 6) is -0.00292. The van der Waals surface area contributed by atoms with Gasteiger partial charge in [-0.3, -0.25) is 14.6 Å². The maximum Gasteiger partial charge on any atom is 0.283 e. The van der Waals surface area contributed by atoms with Crippen LogP contribution < -0.4 is 0 Å². The van der Waals surface area contributed by atoms with Crippen LogP contribution in [0.15, 0.2) is 74.3 Å². The topological polar surface area (TPSA) is 99.3 Å². The second kappa shape index (κ2) is 7.30. The summed E-state index contributed by atoms with van der Waals surface area (Å²) >= 11 is 8.71. The highest BCUT2D eigenvalue weighted by atomic mass is 35.5. The molecule has 4 aromatic rings. The number of thioether (sulfide) groups is 1. The summed E-state index contributed by atoms with van der Waals surface area (Å²) in [5.41, 5.74) is 2.34. The Bertz CT molecular complexity index is 1490. The van der Waals surface area contributed by atoms with E-state index >= 15 is 0 Å². The van der Waals surface area contributed by atoms with Crippen molar-refractivity contribution in [2.45, 2.75) is 0 Å². The molecule has 6 rings (SSSR count). The van der Waals surface area contributed by atoms with Gasteiger partial charge < -0.3 is 4.42 Å². The van der Waals surface area contributed by atoms with Crippen molar-refractivity contribution >= 4 is 67.7 Å². The van der Waals surface area contributed by atoms with Crippen molar-refractivity contribution in [3.05, 3.63) is 76.3 Å². The lowest BCUT2D eigenvalue weighted by atomic mass is 10.1. The van der Waals surface area contributed by atoms with Crippen LogP contribution >= 0.6 is 34.7 Å². The van der Waals surface area contributed by atoms with Gasteiger partial charge in [0, 0.05) is 22.2 Å². The number of imidazole rings is 1. The number of hydrazone groups is 1. The van der Waals surface area contributed by atoms with Crippen molar-refractivity contribution in [3.8, 4) is 11.3 Å². The van der Waals surface area contributed by atoms with Gasteiger partial charge in [0.25, 0.3) is 5.91 Å². The summed E-state index contributed by atoms with van der Waals surface area (Å²) in [6.45, 7) is 0. The Labute approximate surface area is 194 Å². The molecule has 0 radical (unpaired) electrons. The monoisotopic (exact) mass is 478 g/mol. The maximum absolute atomic E-state index is 12.9. The molecule has 1 N–H and O–H groups in total. The number of carbonyl (C=O) groups excluding carboxylic acids is 1. The number of aliphatic imine (C=N–C) groups is 1. The van der Waals surface area contributed by atoms with Gasteiger partial charge in [0.2, 0.25) is 5.17 Å². The smallest absolute Gasteiger partial charge is 0.283 e. The van der Waals surface area contributed by atoms with Crippen LogP contribution in [0.4, 0.5) is 0 Å². The van der Waals surface area contributed by atoms with Crippen molar-refractivity contribution < 1.29 is 9.21 Å². The number of aromatic nitrogens is 2. The predicted molar refractivity (Wildman–Crippen MR) is 126 cm³/mol. The molecule has 11 heteroatoms. The molecule has 0 saturated heterocycles. The predicted octanol–water partition coefficient (Wildman–Crippen LogP) is 4.98. The third-order valence-corrected chi connectivity index (χ3v) is 6.82. The van der Waals surface area contributed by atoms with E-state index in [1.807, 2.05) is 28.1 Å². The lowest BCUT2D eigenvalue weighted by Gasteiger charge is -2.20. The number of rotatable bonds is 3. The van der Waals surface area contributed by atoms with Gasteiger partial charge >= 0.3 is 0 Å². The van der Waals surface area contributed by atoms with E-state index in [1.165, 1.54) is 28.1 Å². The molecule has 1 amide bonds. The average molecular weight is 479 g/mol. The number of amidine groups is 2. The molecule has 8 nitrogen and oxygen atoms in total. The van der Waals surface area contributed by atoms with Crippen LogP contribution in [-0.4, -0.2) is 36.3 Å². The van der Waals surface area contributed by atoms with Crippen LogP contribution in [0, 0.1) is 5.41 Å². The summed E-state index contributed by atoms with van der Waals surface area (Å²) < 4.78 is 7.27. The fourth-order valence-electron chi connectivity index (χ4n) is 3.39. The van der Waals surface area contributed by atoms with Gasteiger partial charge in [0.1, 0.15) is 0 Å². The molecule has 0 spiro atoms. The zero-order valence-electron chi connectivity index (χ0n) is 16.0. The molecule has 32 heavy (non-hydrogen) atoms. The lowest BCUT2D eigenvalue weighted by Crippen LogP contribution is -2.35. The highest BCUT2D eigenvalue weighted by Gasteiger charge is 2.37. The van der Waals surface area contributed by atoms with Gasteiger partial charge in [-0.2, -0.15) is 15.1 Å². The Balaban J connectivity index is 1.46. The minimum Gasteiger partial charge on any atom is -0.462 e. The zero-order valence-corrected chi connectivity index (χ0v) is 18.4. The van der Waals surface area contributed by atoms with E-state index in [9.17, 15) is 4.79 Å². The van der Waals surface area contributed by atoms with Gasteiger partial charge in [-0.25, -0.2) is 4.98 Å². The van der Waals surface area contributed by atoms with Crippen molar-refractivity contribution in [1.29, 1.82) is 5.41 Å². The number of nitrogens with zero attached hydrogens (tertiary/aromatic N) is 5. The SMILES string of the molecule is N=C1C(=Cc2c(-c3ccc(Cl)cc3)nc3sccn23)C(=O)N=C2SC(c3ccco3)=NN12. The number of carbonyl (C=O) groups is 1. The van der Waals surface area contributed by atoms with Gasteiger partial charge in [-0.05, 0) is 42.1 Å². The normalized spacial score (nSPS) is 17.3. The van der Waals surface area contributed by atoms with Crippen LogP contribution in [0.2, 0.25) is 5.02 Å². The number of furan rings is 1. The molecule has 0 atom stereocenters. The third kappa shape index (κ3) is 3.03. The fourth-order valence-corrected chi connectivity index (χ4v) is 5.10. The highest BCUT2D eigenvalue weighted by Crippen LogP contribution is 2.33. The van der Waals surface area contributed by atoms with Crippen molar-refractivity contribution in [2.75, 3.05) is 0 Å². The van der Waals surface area contributed by atoms with Crippen LogP contribution in [0.1, 0.15) is 11.5 Å². The van der Waals surface area contributed by atoms with E-state index < -0.39 is 5.91 Å². The quantitative estimate of drug-likeness (QED) is 0.419. The standard InChI is InChI=1S/C21H11ClN6O2S2/c22-12-5-3-11(4-6-12)16-14(27-7-9-31-20(27)24-16)10-13-17(23)28-21(25-18(13)29)32-19(26-28)15-2-1-8-30-15/h1-10,23H. The summed E-state index contributed by atoms with van der Waals surface area (Å²) in [5, 5.41) is 17.8. The first-order valence-corrected chi connectivity index (χ1v) is 11.4. The highest BCUT2D eigenvalue weighted by molar-refractivity contribution is 8.27. The molecule has 0 saturated carbocycles. The van der Waals surface area contributed by atoms with E-state index in [2.05, 4.69) is 10.1 Å². The summed E-state index contributed by atoms with van der Waals surface area (Å²) in [7, 11) is 0. The number of nitrogens with one attached hydrogen (secondary N) is 1. The minimum atomic E-state index is -0.503. The molecule has 156 valence electrons. The van der Waals surface area contributed by atoms with Crippen molar-refractivity contribution in [1.82, 2.24) is 14.4 Å². The van der Waals surface area contributed by atoms with Gasteiger partial charge in [0.05, 0.1) is 23.2 Å². The van der Waals surface area contributed by atoms with E-state index in [1.54, 1.807) is 36.6 Å². The van der Waals surface area contributed by atoms with Gasteiger partial charge in [0.15, 0.2) is 21.6 Å². The molecule has 0 bridgehead atoms. The number of thiazole rings is 1. The number of amides is 1. The molecule has 0 aliphatic carbocycles. The zero-order chi connectivity index (χ0) is 21.8. The van der Waals surface area contributed by atoms with Gasteiger partial charge in [-0.15, -0.1) is 11.3 Å². The molecule has 3 aromatic heterocycles. The minimum absolute atomic E-state index is 0.0544. The maximum atomic E-state index is 12.9. The molecular formula is C21H11ClN6O2S2. The first-order chi connectivity index (χ1) is 15.6. The van der Waals surface area contributed by atoms with E-state index in [-0.39, 0.29) is 11.4 Å². The Hall–Kier alpha value is -3.47. The second-order valence-corrected chi connectivity index (χ2v) is 9.08. The Morgan fingerprint density at radius 2 is 2.03 bits per heavy atom. The number of hydrogen-bond donors (Lipinski definition) is 1. The summed E-state index contributed by atoms with van der Waals surface area (Å²) in [4.78, 5) is 22.5. The van der Waals surface area contributed by atoms with Crippen LogP contribution in [0.5, 0.6) is 0 Å². The molecule has 2 aliphatic rings. The number of hydrogen-bond acceptors (Lipinski definition) is 7. The fraction of sp³-hybridized carbons (Fsp3) is 0. The van der Waals surface area contributed by atoms with Crippen LogP contribution in [-0.2, 0) is 4.79 Å². The van der Waals surface area contributed by atoms with Gasteiger partial charge in [-0.1, -0.05) is 23.7 Å². The number of benzene rings is 1. The second-order valence-electron chi connectivity index (χ2n) is 6.81. The third-order valence-electron chi connectivity index (χ3n) is 4.88. The molecule has 1 aromatic carbocycles. The van der Waals surface area contributed by atoms with Crippen molar-refractivity contribution in [3.63, 3.8) is 0 Å². The Morgan fingerprint density at radius 3 is 2.81 bits per heavy atom. The van der Waals surface area contributed by atoms with E-state index in [0.29, 0.717) is 32.4 Å². The summed E-state index contributed by atoms with van der Waals surface area (Å²) in [6.07, 6.45) is 5.07. The van der Waals surface area contributed by atoms with E-state index in [4.69, 9.17) is 26.4 Å². The molecule has 5 heterocycles. The number of halogens is 1. The lowest BCUT2D eigenvalue weighted by molar-refractivity contribution is -0.114. The molecule has 0 fully saturated rings. The van der Waals surface area contributed by atoms with Crippen molar-refractivity contribution in [2.24, 2.45) is 10.1 Å². The number of fused-ring (bicyclic) bond motifs is 2. The van der Waals surface area contributed by atoms with Crippen LogP contribution in [0.25, 0.3) is 22.3 Å². The molecule has 2 aliphatic heterocycles. The Kier molecular flexibility index (Phi) is 4.39. The first kappa shape index (κ1) is 19.2. The molecule has 0 unspecified atom stereocenters. The van der Waals surface area contributed by atoms with Crippen LogP contribution in [0.3, 0.4) is 0 Å². The average Bonchev–Trinajstić information content (AvgIpc) is 3.55. The molecular weight excluding hydrogens is 468 g/mol. The first-order valence-electron chi connectivity index (χ1n) is 9.34. The largest absolute Gasteiger partial charge is 0.462 e.